The summed E-state index contributed by atoms with van der Waals surface area (Å²) in [5.41, 5.74) is 4.11. The lowest BCUT2D eigenvalue weighted by molar-refractivity contribution is -0.210. The smallest absolute Gasteiger partial charge is 0.402 e. The summed E-state index contributed by atoms with van der Waals surface area (Å²) in [4.78, 5) is 4.06. The van der Waals surface area contributed by atoms with Gasteiger partial charge >= 0.3 is 7.82 Å². The second-order valence-corrected chi connectivity index (χ2v) is 15.5. The van der Waals surface area contributed by atoms with Crippen molar-refractivity contribution in [2.24, 2.45) is 0 Å². The largest absolute Gasteiger partial charge is 0.530 e. The van der Waals surface area contributed by atoms with Crippen LogP contribution in [0.25, 0.3) is 5.52 Å². The third kappa shape index (κ3) is 7.69. The quantitative estimate of drug-likeness (QED) is 0.0955. The molecule has 272 valence electrons. The van der Waals surface area contributed by atoms with Crippen LogP contribution >= 0.6 is 19.4 Å². The van der Waals surface area contributed by atoms with E-state index in [2.05, 4.69) is 23.1 Å². The van der Waals surface area contributed by atoms with Crippen LogP contribution in [-0.2, 0) is 38.2 Å². The number of aromatic nitrogens is 3. The van der Waals surface area contributed by atoms with E-state index in [4.69, 9.17) is 49.9 Å². The summed E-state index contributed by atoms with van der Waals surface area (Å²) in [7, 11) is -4.29. The summed E-state index contributed by atoms with van der Waals surface area (Å²) < 4.78 is 58.9. The molecule has 1 saturated carbocycles. The van der Waals surface area contributed by atoms with Gasteiger partial charge in [0.2, 0.25) is 5.60 Å². The van der Waals surface area contributed by atoms with Crippen LogP contribution in [0.4, 0.5) is 5.82 Å². The van der Waals surface area contributed by atoms with Gasteiger partial charge in [0.15, 0.2) is 11.6 Å². The van der Waals surface area contributed by atoms with Crippen molar-refractivity contribution in [2.45, 2.75) is 120 Å². The zero-order valence-electron chi connectivity index (χ0n) is 28.9. The summed E-state index contributed by atoms with van der Waals surface area (Å²) in [6.45, 7) is 6.91. The van der Waals surface area contributed by atoms with Crippen molar-refractivity contribution in [3.8, 4) is 11.8 Å². The number of halogens is 1. The van der Waals surface area contributed by atoms with Gasteiger partial charge in [0.05, 0.1) is 17.3 Å². The van der Waals surface area contributed by atoms with Crippen LogP contribution in [0.15, 0.2) is 42.7 Å². The number of hydrogen-bond donors (Lipinski definition) is 1. The average molecular weight is 732 g/mol. The molecule has 2 aliphatic heterocycles. The fourth-order valence-corrected chi connectivity index (χ4v) is 8.52. The highest BCUT2D eigenvalue weighted by Crippen LogP contribution is 2.67. The van der Waals surface area contributed by atoms with Crippen molar-refractivity contribution < 1.29 is 37.1 Å². The Morgan fingerprint density at radius 3 is 2.50 bits per heavy atom. The third-order valence-corrected chi connectivity index (χ3v) is 11.1. The lowest BCUT2D eigenvalue weighted by Gasteiger charge is -2.29. The molecule has 0 bridgehead atoms. The zero-order chi connectivity index (χ0) is 35.4. The number of unbranched alkanes of at least 4 members (excludes halogenated alkanes) is 7. The first-order chi connectivity index (χ1) is 24.1. The van der Waals surface area contributed by atoms with Gasteiger partial charge < -0.3 is 29.2 Å². The van der Waals surface area contributed by atoms with Gasteiger partial charge in [0.25, 0.3) is 0 Å². The Morgan fingerprint density at radius 1 is 1.02 bits per heavy atom. The average Bonchev–Trinajstić information content (AvgIpc) is 3.33. The van der Waals surface area contributed by atoms with Gasteiger partial charge in [-0.15, -0.1) is 0 Å². The van der Waals surface area contributed by atoms with Gasteiger partial charge in [0.1, 0.15) is 47.6 Å². The summed E-state index contributed by atoms with van der Waals surface area (Å²) in [6.07, 6.45) is 9.36. The first-order valence-corrected chi connectivity index (χ1v) is 19.4. The molecule has 2 saturated heterocycles. The minimum Gasteiger partial charge on any atom is -0.402 e. The van der Waals surface area contributed by atoms with Gasteiger partial charge in [0, 0.05) is 19.6 Å². The van der Waals surface area contributed by atoms with Gasteiger partial charge in [-0.2, -0.15) is 10.4 Å². The fraction of sp³-hybridized carbons (Fsp3) is 0.629. The maximum atomic E-state index is 14.3. The monoisotopic (exact) mass is 731 g/mol. The first-order valence-electron chi connectivity index (χ1n) is 17.6. The SMILES string of the molecule is CCCCCCCCCCOCCCOP(=O)(Oc1ccccc1Cl)O[C@H]1C[C@]12O[C@@](C#N)(c1ccc3c(N)ncnn13)[C@@H]1OC(C)(C)O[C@@H]12. The molecule has 0 amide bonds. The summed E-state index contributed by atoms with van der Waals surface area (Å²) >= 11 is 6.37. The molecule has 0 radical (unpaired) electrons. The minimum absolute atomic E-state index is 0.0534. The number of nitrogens with zero attached hydrogens (tertiary/aromatic N) is 4. The number of benzene rings is 1. The summed E-state index contributed by atoms with van der Waals surface area (Å²) in [5.74, 6) is -0.660. The Bertz CT molecular complexity index is 1720. The zero-order valence-corrected chi connectivity index (χ0v) is 30.6. The predicted octanol–water partition coefficient (Wildman–Crippen LogP) is 7.51. The van der Waals surface area contributed by atoms with Crippen LogP contribution in [0.2, 0.25) is 5.02 Å². The molecule has 50 heavy (non-hydrogen) atoms. The number of fused-ring (bicyclic) bond motifs is 3. The van der Waals surface area contributed by atoms with Crippen molar-refractivity contribution in [1.29, 1.82) is 5.26 Å². The Kier molecular flexibility index (Phi) is 11.4. The van der Waals surface area contributed by atoms with Gasteiger partial charge in [-0.05, 0) is 51.0 Å². The van der Waals surface area contributed by atoms with E-state index < -0.39 is 43.1 Å². The Hall–Kier alpha value is -2.79. The molecule has 1 aromatic carbocycles. The van der Waals surface area contributed by atoms with Crippen LogP contribution in [0, 0.1) is 11.3 Å². The Balaban J connectivity index is 1.12. The number of phosphoric acid groups is 1. The molecule has 3 aliphatic rings. The number of para-hydroxylation sites is 1. The van der Waals surface area contributed by atoms with E-state index in [1.807, 2.05) is 0 Å². The minimum atomic E-state index is -4.29. The van der Waals surface area contributed by atoms with E-state index in [0.717, 1.165) is 12.8 Å². The number of nitrogen functional groups attached to an aromatic ring is 1. The second-order valence-electron chi connectivity index (χ2n) is 13.6. The van der Waals surface area contributed by atoms with E-state index in [0.29, 0.717) is 30.8 Å². The fourth-order valence-electron chi connectivity index (χ4n) is 6.82. The highest BCUT2D eigenvalue weighted by Gasteiger charge is 2.80. The molecule has 1 aliphatic carbocycles. The third-order valence-electron chi connectivity index (χ3n) is 9.38. The molecule has 4 heterocycles. The molecule has 1 unspecified atom stereocenters. The van der Waals surface area contributed by atoms with Gasteiger partial charge in [-0.25, -0.2) is 14.1 Å². The highest BCUT2D eigenvalue weighted by atomic mass is 35.5. The lowest BCUT2D eigenvalue weighted by Crippen LogP contribution is -2.40. The lowest BCUT2D eigenvalue weighted by atomic mass is 9.92. The van der Waals surface area contributed by atoms with Crippen LogP contribution in [-0.4, -0.2) is 64.1 Å². The molecule has 3 fully saturated rings. The molecule has 6 rings (SSSR count). The topological polar surface area (TPSA) is 162 Å². The van der Waals surface area contributed by atoms with Crippen LogP contribution in [0.3, 0.4) is 0 Å². The van der Waals surface area contributed by atoms with Crippen molar-refractivity contribution >= 4 is 30.8 Å². The highest BCUT2D eigenvalue weighted by molar-refractivity contribution is 7.49. The molecule has 3 aromatic rings. The predicted molar refractivity (Wildman–Crippen MR) is 186 cm³/mol. The van der Waals surface area contributed by atoms with Gasteiger partial charge in [-0.1, -0.05) is 75.6 Å². The van der Waals surface area contributed by atoms with Gasteiger partial charge in [-0.3, -0.25) is 9.05 Å². The second kappa shape index (κ2) is 15.4. The van der Waals surface area contributed by atoms with Crippen molar-refractivity contribution in [3.05, 3.63) is 53.4 Å². The molecule has 1 spiro atoms. The maximum absolute atomic E-state index is 14.3. The van der Waals surface area contributed by atoms with E-state index in [1.54, 1.807) is 50.2 Å². The maximum Gasteiger partial charge on any atom is 0.530 e. The molecular weight excluding hydrogens is 685 g/mol. The number of rotatable bonds is 19. The Labute approximate surface area is 298 Å². The normalized spacial score (nSPS) is 27.7. The first kappa shape index (κ1) is 37.0. The van der Waals surface area contributed by atoms with E-state index in [9.17, 15) is 9.83 Å². The number of phosphoric ester groups is 1. The Morgan fingerprint density at radius 2 is 1.74 bits per heavy atom. The number of anilines is 1. The van der Waals surface area contributed by atoms with E-state index in [1.165, 1.54) is 49.4 Å². The van der Waals surface area contributed by atoms with Crippen molar-refractivity contribution in [2.75, 3.05) is 25.6 Å². The van der Waals surface area contributed by atoms with Crippen molar-refractivity contribution in [3.63, 3.8) is 0 Å². The number of nitriles is 1. The van der Waals surface area contributed by atoms with Crippen LogP contribution < -0.4 is 10.3 Å². The number of ether oxygens (including phenoxy) is 4. The number of nitrogens with two attached hydrogens (primary N) is 1. The summed E-state index contributed by atoms with van der Waals surface area (Å²) in [6, 6.07) is 12.4. The molecule has 6 atom stereocenters. The molecule has 15 heteroatoms. The summed E-state index contributed by atoms with van der Waals surface area (Å²) in [5, 5.41) is 15.3. The molecule has 2 N–H and O–H groups in total. The molecule has 13 nitrogen and oxygen atoms in total. The molecular formula is C35H47ClN5O8P. The van der Waals surface area contributed by atoms with Crippen LogP contribution in [0.1, 0.15) is 90.7 Å². The van der Waals surface area contributed by atoms with E-state index >= 15 is 0 Å². The molecule has 2 aromatic heterocycles. The van der Waals surface area contributed by atoms with Crippen molar-refractivity contribution in [1.82, 2.24) is 14.6 Å². The standard InChI is InChI=1S/C35H47ClN5O8P/c1-4-5-6-7-8-9-10-13-19-43-20-14-21-44-50(42,47-27-16-12-11-15-25(27)36)48-29-22-34(29)30-31(46-33(2,3)45-30)35(23-37,49-34)28-18-17-26-32(38)39-24-40-41(26)28/h11-12,15-18,24,29-31H,4-10,13-14,19-22H2,1-3H3,(H2,38,39,40)/t29-,30-,31+,34-,35-,50?/m0/s1. The number of hydrogen-bond acceptors (Lipinski definition) is 12. The van der Waals surface area contributed by atoms with Crippen LogP contribution in [0.5, 0.6) is 5.75 Å². The van der Waals surface area contributed by atoms with E-state index in [-0.39, 0.29) is 29.6 Å².